The molecule has 0 aliphatic heterocycles. The second kappa shape index (κ2) is 8.06. The smallest absolute Gasteiger partial charge is 0.343 e. The fourth-order valence-electron chi connectivity index (χ4n) is 2.48. The highest BCUT2D eigenvalue weighted by Crippen LogP contribution is 2.39. The van der Waals surface area contributed by atoms with Crippen LogP contribution in [-0.2, 0) is 4.79 Å². The predicted octanol–water partition coefficient (Wildman–Crippen LogP) is 5.98. The van der Waals surface area contributed by atoms with Crippen LogP contribution in [0.25, 0.3) is 5.57 Å². The zero-order chi connectivity index (χ0) is 17.6. The molecule has 0 heterocycles. The molecule has 25 heavy (non-hydrogen) atoms. The van der Waals surface area contributed by atoms with Crippen molar-refractivity contribution in [3.05, 3.63) is 106 Å². The number of benzene rings is 3. The van der Waals surface area contributed by atoms with Crippen molar-refractivity contribution in [2.24, 2.45) is 0 Å². The minimum absolute atomic E-state index is 0.241. The van der Waals surface area contributed by atoms with Crippen molar-refractivity contribution in [3.63, 3.8) is 0 Å². The first kappa shape index (κ1) is 17.3. The van der Waals surface area contributed by atoms with E-state index in [0.717, 1.165) is 11.1 Å². The topological polar surface area (TPSA) is 37.3 Å². The van der Waals surface area contributed by atoms with E-state index in [1.165, 1.54) is 11.8 Å². The second-order valence-corrected chi connectivity index (χ2v) is 6.73. The van der Waals surface area contributed by atoms with Crippen LogP contribution in [0.4, 0.5) is 0 Å². The molecule has 124 valence electrons. The molecule has 0 atom stereocenters. The minimum atomic E-state index is -0.979. The summed E-state index contributed by atoms with van der Waals surface area (Å²) in [6, 6.07) is 26.3. The van der Waals surface area contributed by atoms with Crippen molar-refractivity contribution in [2.75, 3.05) is 0 Å². The Balaban J connectivity index is 2.21. The summed E-state index contributed by atoms with van der Waals surface area (Å²) in [5.74, 6) is -0.979. The third kappa shape index (κ3) is 4.13. The normalized spacial score (nSPS) is 10.3. The Morgan fingerprint density at radius 1 is 0.760 bits per heavy atom. The van der Waals surface area contributed by atoms with Crippen molar-refractivity contribution in [1.29, 1.82) is 0 Å². The van der Waals surface area contributed by atoms with Crippen LogP contribution < -0.4 is 0 Å². The summed E-state index contributed by atoms with van der Waals surface area (Å²) < 4.78 is 0. The van der Waals surface area contributed by atoms with E-state index in [9.17, 15) is 9.90 Å². The summed E-state index contributed by atoms with van der Waals surface area (Å²) in [5.41, 5.74) is 2.38. The molecule has 0 spiro atoms. The van der Waals surface area contributed by atoms with Crippen molar-refractivity contribution >= 4 is 34.9 Å². The van der Waals surface area contributed by atoms with Gasteiger partial charge >= 0.3 is 5.97 Å². The van der Waals surface area contributed by atoms with E-state index in [2.05, 4.69) is 0 Å². The van der Waals surface area contributed by atoms with Gasteiger partial charge in [-0.2, -0.15) is 0 Å². The summed E-state index contributed by atoms with van der Waals surface area (Å²) >= 11 is 7.40. The molecule has 0 amide bonds. The molecule has 0 fully saturated rings. The number of carboxylic acids is 1. The summed E-state index contributed by atoms with van der Waals surface area (Å²) in [4.78, 5) is 13.0. The van der Waals surface area contributed by atoms with Gasteiger partial charge in [0.25, 0.3) is 0 Å². The van der Waals surface area contributed by atoms with Crippen molar-refractivity contribution in [3.8, 4) is 0 Å². The van der Waals surface area contributed by atoms with Gasteiger partial charge in [0.15, 0.2) is 0 Å². The van der Waals surface area contributed by atoms with E-state index in [1.807, 2.05) is 78.9 Å². The second-order valence-electron chi connectivity index (χ2n) is 5.27. The van der Waals surface area contributed by atoms with Crippen LogP contribution in [0.1, 0.15) is 11.1 Å². The Morgan fingerprint density at radius 3 is 1.72 bits per heavy atom. The minimum Gasteiger partial charge on any atom is -0.477 e. The molecule has 0 bridgehead atoms. The van der Waals surface area contributed by atoms with Crippen LogP contribution in [0.3, 0.4) is 0 Å². The predicted molar refractivity (Wildman–Crippen MR) is 104 cm³/mol. The maximum Gasteiger partial charge on any atom is 0.343 e. The summed E-state index contributed by atoms with van der Waals surface area (Å²) in [6.07, 6.45) is 0. The fraction of sp³-hybridized carbons (Fsp3) is 0. The van der Waals surface area contributed by atoms with Gasteiger partial charge in [-0.25, -0.2) is 4.79 Å². The van der Waals surface area contributed by atoms with Crippen LogP contribution in [0.15, 0.2) is 94.7 Å². The van der Waals surface area contributed by atoms with Gasteiger partial charge in [-0.3, -0.25) is 0 Å². The lowest BCUT2D eigenvalue weighted by molar-refractivity contribution is -0.131. The lowest BCUT2D eigenvalue weighted by Crippen LogP contribution is -2.03. The highest BCUT2D eigenvalue weighted by molar-refractivity contribution is 8.04. The van der Waals surface area contributed by atoms with Crippen LogP contribution in [0.5, 0.6) is 0 Å². The average molecular weight is 367 g/mol. The molecular formula is C21H15ClO2S. The van der Waals surface area contributed by atoms with E-state index in [0.29, 0.717) is 15.5 Å². The Kier molecular flexibility index (Phi) is 5.59. The SMILES string of the molecule is O=C(O)C(Sc1ccccc1Cl)=C(c1ccccc1)c1ccccc1. The molecule has 0 unspecified atom stereocenters. The van der Waals surface area contributed by atoms with Crippen LogP contribution >= 0.6 is 23.4 Å². The van der Waals surface area contributed by atoms with Gasteiger partial charge in [0.1, 0.15) is 4.91 Å². The van der Waals surface area contributed by atoms with Gasteiger partial charge in [0, 0.05) is 10.5 Å². The standard InChI is InChI=1S/C21H15ClO2S/c22-17-13-7-8-14-18(17)25-20(21(23)24)19(15-9-3-1-4-10-15)16-11-5-2-6-12-16/h1-14H,(H,23,24). The van der Waals surface area contributed by atoms with Gasteiger partial charge in [-0.1, -0.05) is 96.2 Å². The third-order valence-electron chi connectivity index (χ3n) is 3.59. The number of carbonyl (C=O) groups is 1. The number of thioether (sulfide) groups is 1. The molecule has 3 aromatic carbocycles. The Labute approximate surface area is 155 Å². The average Bonchev–Trinajstić information content (AvgIpc) is 2.64. The largest absolute Gasteiger partial charge is 0.477 e. The van der Waals surface area contributed by atoms with Gasteiger partial charge in [0.05, 0.1) is 5.02 Å². The summed E-state index contributed by atoms with van der Waals surface area (Å²) in [7, 11) is 0. The van der Waals surface area contributed by atoms with E-state index in [1.54, 1.807) is 6.07 Å². The van der Waals surface area contributed by atoms with E-state index >= 15 is 0 Å². The van der Waals surface area contributed by atoms with Gasteiger partial charge in [-0.05, 0) is 23.3 Å². The van der Waals surface area contributed by atoms with E-state index in [-0.39, 0.29) is 4.91 Å². The molecule has 4 heteroatoms. The van der Waals surface area contributed by atoms with E-state index < -0.39 is 5.97 Å². The van der Waals surface area contributed by atoms with Crippen LogP contribution in [0, 0.1) is 0 Å². The van der Waals surface area contributed by atoms with Gasteiger partial charge in [-0.15, -0.1) is 0 Å². The number of carboxylic acid groups (broad SMARTS) is 1. The number of hydrogen-bond acceptors (Lipinski definition) is 2. The maximum atomic E-state index is 12.1. The van der Waals surface area contributed by atoms with E-state index in [4.69, 9.17) is 11.6 Å². The Morgan fingerprint density at radius 2 is 1.24 bits per heavy atom. The third-order valence-corrected chi connectivity index (χ3v) is 5.20. The lowest BCUT2D eigenvalue weighted by atomic mass is 9.97. The number of hydrogen-bond donors (Lipinski definition) is 1. The quantitative estimate of drug-likeness (QED) is 0.446. The highest BCUT2D eigenvalue weighted by Gasteiger charge is 2.20. The van der Waals surface area contributed by atoms with Crippen molar-refractivity contribution in [2.45, 2.75) is 4.90 Å². The molecule has 0 saturated carbocycles. The van der Waals surface area contributed by atoms with Crippen molar-refractivity contribution in [1.82, 2.24) is 0 Å². The van der Waals surface area contributed by atoms with Crippen molar-refractivity contribution < 1.29 is 9.90 Å². The monoisotopic (exact) mass is 366 g/mol. The summed E-state index contributed by atoms with van der Waals surface area (Å²) in [6.45, 7) is 0. The molecule has 0 aliphatic rings. The molecule has 3 aromatic rings. The molecule has 0 radical (unpaired) electrons. The molecule has 2 nitrogen and oxygen atoms in total. The lowest BCUT2D eigenvalue weighted by Gasteiger charge is -2.14. The molecular weight excluding hydrogens is 352 g/mol. The zero-order valence-corrected chi connectivity index (χ0v) is 14.8. The van der Waals surface area contributed by atoms with Gasteiger partial charge in [0.2, 0.25) is 0 Å². The fourth-order valence-corrected chi connectivity index (χ4v) is 3.69. The van der Waals surface area contributed by atoms with Gasteiger partial charge < -0.3 is 5.11 Å². The molecule has 0 saturated heterocycles. The highest BCUT2D eigenvalue weighted by atomic mass is 35.5. The molecule has 0 aliphatic carbocycles. The summed E-state index contributed by atoms with van der Waals surface area (Å²) in [5, 5.41) is 10.4. The molecule has 3 rings (SSSR count). The molecule has 0 aromatic heterocycles. The number of rotatable bonds is 5. The zero-order valence-electron chi connectivity index (χ0n) is 13.2. The van der Waals surface area contributed by atoms with Crippen LogP contribution in [-0.4, -0.2) is 11.1 Å². The number of halogens is 1. The first-order valence-electron chi connectivity index (χ1n) is 7.67. The Bertz CT molecular complexity index is 864. The number of aliphatic carboxylic acids is 1. The Hall–Kier alpha value is -2.49. The first-order valence-corrected chi connectivity index (χ1v) is 8.87. The molecule has 1 N–H and O–H groups in total. The van der Waals surface area contributed by atoms with Crippen LogP contribution in [0.2, 0.25) is 5.02 Å². The maximum absolute atomic E-state index is 12.1. The first-order chi connectivity index (χ1) is 12.2.